The molecule has 36 heavy (non-hydrogen) atoms. The summed E-state index contributed by atoms with van der Waals surface area (Å²) in [4.78, 5) is 34.0. The molecule has 0 fully saturated rings. The van der Waals surface area contributed by atoms with E-state index < -0.39 is 0 Å². The quantitative estimate of drug-likeness (QED) is 0.216. The van der Waals surface area contributed by atoms with E-state index in [2.05, 4.69) is 5.32 Å². The Morgan fingerprint density at radius 3 is 2.69 bits per heavy atom. The Morgan fingerprint density at radius 1 is 1.03 bits per heavy atom. The molecule has 1 aliphatic rings. The van der Waals surface area contributed by atoms with Crippen molar-refractivity contribution in [2.45, 2.75) is 37.8 Å². The van der Waals surface area contributed by atoms with Crippen molar-refractivity contribution < 1.29 is 4.79 Å². The third kappa shape index (κ3) is 4.12. The molecule has 7 heteroatoms. The van der Waals surface area contributed by atoms with Gasteiger partial charge in [0.1, 0.15) is 4.83 Å². The van der Waals surface area contributed by atoms with Crippen LogP contribution >= 0.6 is 23.1 Å². The third-order valence-electron chi connectivity index (χ3n) is 6.72. The molecule has 0 spiro atoms. The van der Waals surface area contributed by atoms with Crippen LogP contribution < -0.4 is 10.9 Å². The molecule has 180 valence electrons. The molecule has 2 aromatic heterocycles. The summed E-state index contributed by atoms with van der Waals surface area (Å²) in [5.41, 5.74) is 3.72. The maximum Gasteiger partial charge on any atom is 0.267 e. The van der Waals surface area contributed by atoms with E-state index in [1.54, 1.807) is 15.9 Å². The van der Waals surface area contributed by atoms with Crippen molar-refractivity contribution in [1.29, 1.82) is 0 Å². The van der Waals surface area contributed by atoms with E-state index in [1.807, 2.05) is 73.7 Å². The largest absolute Gasteiger partial charge is 0.325 e. The van der Waals surface area contributed by atoms with Crippen molar-refractivity contribution in [3.63, 3.8) is 0 Å². The topological polar surface area (TPSA) is 64.0 Å². The Balaban J connectivity index is 1.46. The van der Waals surface area contributed by atoms with Crippen molar-refractivity contribution in [2.24, 2.45) is 0 Å². The first kappa shape index (κ1) is 23.0. The van der Waals surface area contributed by atoms with E-state index in [9.17, 15) is 9.59 Å². The number of aromatic nitrogens is 2. The van der Waals surface area contributed by atoms with Crippen LogP contribution in [0.3, 0.4) is 0 Å². The molecular formula is C29H25N3O2S2. The van der Waals surface area contributed by atoms with Gasteiger partial charge in [-0.2, -0.15) is 0 Å². The first-order valence-corrected chi connectivity index (χ1v) is 13.9. The lowest BCUT2D eigenvalue weighted by Gasteiger charge is -2.15. The van der Waals surface area contributed by atoms with E-state index in [0.717, 1.165) is 63.6 Å². The number of hydrogen-bond donors (Lipinski definition) is 1. The SMILES string of the molecule is Cc1ccccc1NC(=O)CSc1nc2sc3c(c2c(=O)n1-c1cccc2ccccc12)CCCC3. The summed E-state index contributed by atoms with van der Waals surface area (Å²) in [6.45, 7) is 1.97. The van der Waals surface area contributed by atoms with Crippen molar-refractivity contribution in [1.82, 2.24) is 9.55 Å². The van der Waals surface area contributed by atoms with E-state index in [1.165, 1.54) is 22.2 Å². The number of thioether (sulfide) groups is 1. The zero-order valence-electron chi connectivity index (χ0n) is 19.9. The number of benzene rings is 3. The van der Waals surface area contributed by atoms with Crippen LogP contribution in [0.25, 0.3) is 26.7 Å². The summed E-state index contributed by atoms with van der Waals surface area (Å²) < 4.78 is 1.72. The van der Waals surface area contributed by atoms with Gasteiger partial charge in [-0.05, 0) is 61.3 Å². The fraction of sp³-hybridized carbons (Fsp3) is 0.207. The zero-order chi connectivity index (χ0) is 24.6. The molecule has 6 rings (SSSR count). The highest BCUT2D eigenvalue weighted by molar-refractivity contribution is 7.99. The minimum atomic E-state index is -0.126. The number of rotatable bonds is 5. The van der Waals surface area contributed by atoms with Crippen LogP contribution in [-0.2, 0) is 17.6 Å². The third-order valence-corrected chi connectivity index (χ3v) is 8.84. The number of carbonyl (C=O) groups is 1. The molecule has 0 radical (unpaired) electrons. The molecule has 5 aromatic rings. The Hall–Kier alpha value is -3.42. The second-order valence-corrected chi connectivity index (χ2v) is 11.1. The number of nitrogens with zero attached hydrogens (tertiary/aromatic N) is 2. The number of para-hydroxylation sites is 1. The lowest BCUT2D eigenvalue weighted by atomic mass is 9.97. The standard InChI is InChI=1S/C29H25N3O2S2/c1-18-9-2-6-14-22(18)30-25(33)17-35-29-31-27-26(21-13-5-7-16-24(21)36-27)28(34)32(29)23-15-8-11-19-10-3-4-12-20(19)23/h2-4,6,8-12,14-15H,5,7,13,16-17H2,1H3,(H,30,33). The highest BCUT2D eigenvalue weighted by atomic mass is 32.2. The number of hydrogen-bond acceptors (Lipinski definition) is 5. The van der Waals surface area contributed by atoms with Gasteiger partial charge in [0.2, 0.25) is 5.91 Å². The van der Waals surface area contributed by atoms with Crippen LogP contribution in [0.2, 0.25) is 0 Å². The zero-order valence-corrected chi connectivity index (χ0v) is 21.5. The Morgan fingerprint density at radius 2 is 1.81 bits per heavy atom. The molecule has 1 aliphatic carbocycles. The Kier molecular flexibility index (Phi) is 6.11. The normalized spacial score (nSPS) is 13.1. The van der Waals surface area contributed by atoms with Gasteiger partial charge in [0, 0.05) is 16.0 Å². The highest BCUT2D eigenvalue weighted by Gasteiger charge is 2.24. The van der Waals surface area contributed by atoms with E-state index >= 15 is 0 Å². The molecule has 1 N–H and O–H groups in total. The number of anilines is 1. The lowest BCUT2D eigenvalue weighted by Crippen LogP contribution is -2.23. The molecular weight excluding hydrogens is 486 g/mol. The number of carbonyl (C=O) groups excluding carboxylic acids is 1. The predicted molar refractivity (Wildman–Crippen MR) is 150 cm³/mol. The van der Waals surface area contributed by atoms with Gasteiger partial charge in [0.25, 0.3) is 5.56 Å². The lowest BCUT2D eigenvalue weighted by molar-refractivity contribution is -0.113. The Labute approximate surface area is 217 Å². The monoisotopic (exact) mass is 511 g/mol. The highest BCUT2D eigenvalue weighted by Crippen LogP contribution is 2.36. The van der Waals surface area contributed by atoms with Gasteiger partial charge in [0.05, 0.1) is 16.8 Å². The fourth-order valence-corrected chi connectivity index (χ4v) is 7.04. The van der Waals surface area contributed by atoms with Crippen LogP contribution in [0.15, 0.2) is 76.7 Å². The second-order valence-electron chi connectivity index (χ2n) is 9.08. The molecule has 1 amide bonds. The molecule has 0 unspecified atom stereocenters. The molecule has 0 atom stereocenters. The molecule has 3 aromatic carbocycles. The summed E-state index contributed by atoms with van der Waals surface area (Å²) >= 11 is 2.94. The van der Waals surface area contributed by atoms with E-state index in [4.69, 9.17) is 4.98 Å². The molecule has 2 heterocycles. The second kappa shape index (κ2) is 9.56. The number of fused-ring (bicyclic) bond motifs is 4. The fourth-order valence-electron chi connectivity index (χ4n) is 4.93. The number of thiophene rings is 1. The smallest absolute Gasteiger partial charge is 0.267 e. The van der Waals surface area contributed by atoms with Gasteiger partial charge in [0.15, 0.2) is 5.16 Å². The Bertz CT molecular complexity index is 1680. The van der Waals surface area contributed by atoms with Crippen LogP contribution in [-0.4, -0.2) is 21.2 Å². The average Bonchev–Trinajstić information content (AvgIpc) is 3.27. The van der Waals surface area contributed by atoms with Gasteiger partial charge < -0.3 is 5.32 Å². The minimum Gasteiger partial charge on any atom is -0.325 e. The van der Waals surface area contributed by atoms with Gasteiger partial charge >= 0.3 is 0 Å². The molecule has 0 saturated heterocycles. The molecule has 5 nitrogen and oxygen atoms in total. The number of amides is 1. The van der Waals surface area contributed by atoms with Crippen LogP contribution in [0.5, 0.6) is 0 Å². The maximum absolute atomic E-state index is 14.1. The summed E-state index contributed by atoms with van der Waals surface area (Å²) in [7, 11) is 0. The first-order valence-electron chi connectivity index (χ1n) is 12.1. The average molecular weight is 512 g/mol. The molecule has 0 saturated carbocycles. The summed E-state index contributed by atoms with van der Waals surface area (Å²) in [5.74, 6) is 0.0286. The molecule has 0 aliphatic heterocycles. The summed E-state index contributed by atoms with van der Waals surface area (Å²) in [5, 5.41) is 6.32. The predicted octanol–water partition coefficient (Wildman–Crippen LogP) is 6.52. The minimum absolute atomic E-state index is 0.0439. The van der Waals surface area contributed by atoms with Gasteiger partial charge in [-0.15, -0.1) is 11.3 Å². The van der Waals surface area contributed by atoms with Crippen LogP contribution in [0, 0.1) is 6.92 Å². The maximum atomic E-state index is 14.1. The van der Waals surface area contributed by atoms with E-state index in [-0.39, 0.29) is 17.2 Å². The molecule has 0 bridgehead atoms. The van der Waals surface area contributed by atoms with Crippen LogP contribution in [0.4, 0.5) is 5.69 Å². The van der Waals surface area contributed by atoms with Gasteiger partial charge in [-0.3, -0.25) is 14.2 Å². The number of nitrogens with one attached hydrogen (secondary N) is 1. The summed E-state index contributed by atoms with van der Waals surface area (Å²) in [6, 6.07) is 21.8. The van der Waals surface area contributed by atoms with Crippen molar-refractivity contribution in [3.8, 4) is 5.69 Å². The van der Waals surface area contributed by atoms with Crippen molar-refractivity contribution >= 4 is 55.7 Å². The van der Waals surface area contributed by atoms with Gasteiger partial charge in [-0.1, -0.05) is 66.4 Å². The first-order chi connectivity index (χ1) is 17.6. The summed E-state index contributed by atoms with van der Waals surface area (Å²) in [6.07, 6.45) is 4.18. The number of aryl methyl sites for hydroxylation is 3. The van der Waals surface area contributed by atoms with Crippen molar-refractivity contribution in [3.05, 3.63) is 93.1 Å². The van der Waals surface area contributed by atoms with E-state index in [0.29, 0.717) is 5.16 Å². The van der Waals surface area contributed by atoms with Crippen molar-refractivity contribution in [2.75, 3.05) is 11.1 Å². The van der Waals surface area contributed by atoms with Crippen LogP contribution in [0.1, 0.15) is 28.8 Å². The van der Waals surface area contributed by atoms with Gasteiger partial charge in [-0.25, -0.2) is 4.98 Å².